The molecule has 1 aromatic heterocycles. The third-order valence-electron chi connectivity index (χ3n) is 2.78. The molecule has 6 heteroatoms. The summed E-state index contributed by atoms with van der Waals surface area (Å²) in [7, 11) is 3.32. The summed E-state index contributed by atoms with van der Waals surface area (Å²) >= 11 is 13.1. The van der Waals surface area contributed by atoms with Crippen molar-refractivity contribution in [3.8, 4) is 5.75 Å². The minimum atomic E-state index is -0.0797. The van der Waals surface area contributed by atoms with Gasteiger partial charge in [-0.15, -0.1) is 11.3 Å². The largest absolute Gasteiger partial charge is 0.496 e. The summed E-state index contributed by atoms with van der Waals surface area (Å²) in [6.07, 6.45) is 0. The Kier molecular flexibility index (Phi) is 4.91. The van der Waals surface area contributed by atoms with E-state index in [1.807, 2.05) is 0 Å². The fourth-order valence-corrected chi connectivity index (χ4v) is 3.05. The smallest absolute Gasteiger partial charge is 0.264 e. The number of thiophene rings is 1. The number of carbonyl (C=O) groups excluding carboxylic acids is 1. The van der Waals surface area contributed by atoms with Crippen LogP contribution in [0.2, 0.25) is 9.36 Å². The standard InChI is InChI=1S/C14H13Cl2NO2S/c1-17(14(18)12-5-6-13(16)20-12)8-9-7-10(15)3-4-11(9)19-2/h3-7H,8H2,1-2H3. The van der Waals surface area contributed by atoms with Crippen molar-refractivity contribution < 1.29 is 9.53 Å². The molecule has 106 valence electrons. The summed E-state index contributed by atoms with van der Waals surface area (Å²) in [5.41, 5.74) is 0.860. The molecule has 3 nitrogen and oxygen atoms in total. The Morgan fingerprint density at radius 2 is 2.05 bits per heavy atom. The predicted octanol–water partition coefficient (Wildman–Crippen LogP) is 4.34. The molecule has 0 saturated heterocycles. The van der Waals surface area contributed by atoms with E-state index in [1.54, 1.807) is 49.4 Å². The van der Waals surface area contributed by atoms with Gasteiger partial charge in [0.15, 0.2) is 0 Å². The third kappa shape index (κ3) is 3.45. The third-order valence-corrected chi connectivity index (χ3v) is 4.23. The zero-order valence-electron chi connectivity index (χ0n) is 11.0. The predicted molar refractivity (Wildman–Crippen MR) is 83.1 cm³/mol. The molecule has 0 atom stereocenters. The van der Waals surface area contributed by atoms with Gasteiger partial charge in [0.25, 0.3) is 5.91 Å². The van der Waals surface area contributed by atoms with E-state index in [0.29, 0.717) is 26.5 Å². The van der Waals surface area contributed by atoms with Gasteiger partial charge in [0.2, 0.25) is 0 Å². The number of hydrogen-bond donors (Lipinski definition) is 0. The second kappa shape index (κ2) is 6.48. The molecule has 0 N–H and O–H groups in total. The Bertz CT molecular complexity index is 627. The number of halogens is 2. The Hall–Kier alpha value is -1.23. The lowest BCUT2D eigenvalue weighted by Gasteiger charge is -2.18. The van der Waals surface area contributed by atoms with Gasteiger partial charge in [0.1, 0.15) is 5.75 Å². The van der Waals surface area contributed by atoms with Crippen LogP contribution in [0.15, 0.2) is 30.3 Å². The average molecular weight is 330 g/mol. The highest BCUT2D eigenvalue weighted by Gasteiger charge is 2.16. The minimum Gasteiger partial charge on any atom is -0.496 e. The van der Waals surface area contributed by atoms with Gasteiger partial charge < -0.3 is 9.64 Å². The Morgan fingerprint density at radius 3 is 2.65 bits per heavy atom. The number of ether oxygens (including phenoxy) is 1. The number of amides is 1. The van der Waals surface area contributed by atoms with Gasteiger partial charge in [-0.25, -0.2) is 0 Å². The van der Waals surface area contributed by atoms with Crippen LogP contribution in [0, 0.1) is 0 Å². The summed E-state index contributed by atoms with van der Waals surface area (Å²) < 4.78 is 5.87. The maximum Gasteiger partial charge on any atom is 0.264 e. The van der Waals surface area contributed by atoms with Crippen LogP contribution in [-0.4, -0.2) is 25.0 Å². The zero-order chi connectivity index (χ0) is 14.7. The molecule has 1 heterocycles. The van der Waals surface area contributed by atoms with E-state index < -0.39 is 0 Å². The monoisotopic (exact) mass is 329 g/mol. The molecular formula is C14H13Cl2NO2S. The quantitative estimate of drug-likeness (QED) is 0.835. The zero-order valence-corrected chi connectivity index (χ0v) is 13.4. The first-order valence-corrected chi connectivity index (χ1v) is 7.41. The van der Waals surface area contributed by atoms with Crippen molar-refractivity contribution in [1.29, 1.82) is 0 Å². The number of carbonyl (C=O) groups is 1. The van der Waals surface area contributed by atoms with Crippen LogP contribution in [0.1, 0.15) is 15.2 Å². The van der Waals surface area contributed by atoms with Gasteiger partial charge in [-0.2, -0.15) is 0 Å². The summed E-state index contributed by atoms with van der Waals surface area (Å²) in [6.45, 7) is 0.415. The van der Waals surface area contributed by atoms with Crippen molar-refractivity contribution in [1.82, 2.24) is 4.90 Å². The highest BCUT2D eigenvalue weighted by molar-refractivity contribution is 7.17. The van der Waals surface area contributed by atoms with Gasteiger partial charge in [-0.3, -0.25) is 4.79 Å². The summed E-state index contributed by atoms with van der Waals surface area (Å²) in [4.78, 5) is 14.5. The van der Waals surface area contributed by atoms with Crippen LogP contribution in [-0.2, 0) is 6.54 Å². The first kappa shape index (κ1) is 15.2. The molecule has 2 aromatic rings. The maximum absolute atomic E-state index is 12.3. The molecule has 1 amide bonds. The van der Waals surface area contributed by atoms with E-state index in [-0.39, 0.29) is 5.91 Å². The van der Waals surface area contributed by atoms with Crippen LogP contribution in [0.4, 0.5) is 0 Å². The van der Waals surface area contributed by atoms with E-state index in [9.17, 15) is 4.79 Å². The van der Waals surface area contributed by atoms with Gasteiger partial charge in [0, 0.05) is 24.2 Å². The average Bonchev–Trinajstić information content (AvgIpc) is 2.84. The summed E-state index contributed by atoms with van der Waals surface area (Å²) in [6, 6.07) is 8.78. The number of benzene rings is 1. The molecule has 2 rings (SSSR count). The summed E-state index contributed by atoms with van der Waals surface area (Å²) in [5.74, 6) is 0.627. The molecule has 0 unspecified atom stereocenters. The Labute approximate surface area is 131 Å². The van der Waals surface area contributed by atoms with E-state index in [0.717, 1.165) is 5.56 Å². The van der Waals surface area contributed by atoms with Crippen molar-refractivity contribution in [3.05, 3.63) is 50.1 Å². The highest BCUT2D eigenvalue weighted by atomic mass is 35.5. The molecule has 0 aliphatic heterocycles. The lowest BCUT2D eigenvalue weighted by molar-refractivity contribution is 0.0789. The van der Waals surface area contributed by atoms with Crippen molar-refractivity contribution in [2.45, 2.75) is 6.54 Å². The second-order valence-corrected chi connectivity index (χ2v) is 6.37. The van der Waals surface area contributed by atoms with Gasteiger partial charge >= 0.3 is 0 Å². The van der Waals surface area contributed by atoms with E-state index in [2.05, 4.69) is 0 Å². The highest BCUT2D eigenvalue weighted by Crippen LogP contribution is 2.26. The van der Waals surface area contributed by atoms with Crippen molar-refractivity contribution in [2.75, 3.05) is 14.2 Å². The van der Waals surface area contributed by atoms with Gasteiger partial charge in [0.05, 0.1) is 16.3 Å². The van der Waals surface area contributed by atoms with Crippen LogP contribution in [0.3, 0.4) is 0 Å². The number of rotatable bonds is 4. The SMILES string of the molecule is COc1ccc(Cl)cc1CN(C)C(=O)c1ccc(Cl)s1. The topological polar surface area (TPSA) is 29.5 Å². The first-order chi connectivity index (χ1) is 9.51. The summed E-state index contributed by atoms with van der Waals surface area (Å²) in [5, 5.41) is 0.612. The van der Waals surface area contributed by atoms with Crippen LogP contribution < -0.4 is 4.74 Å². The Morgan fingerprint density at radius 1 is 1.30 bits per heavy atom. The van der Waals surface area contributed by atoms with E-state index in [4.69, 9.17) is 27.9 Å². The van der Waals surface area contributed by atoms with Crippen molar-refractivity contribution in [3.63, 3.8) is 0 Å². The second-order valence-electron chi connectivity index (χ2n) is 4.22. The van der Waals surface area contributed by atoms with Crippen LogP contribution in [0.5, 0.6) is 5.75 Å². The fraction of sp³-hybridized carbons (Fsp3) is 0.214. The minimum absolute atomic E-state index is 0.0797. The molecular weight excluding hydrogens is 317 g/mol. The van der Waals surface area contributed by atoms with Gasteiger partial charge in [-0.05, 0) is 30.3 Å². The number of hydrogen-bond acceptors (Lipinski definition) is 3. The molecule has 0 spiro atoms. The Balaban J connectivity index is 2.17. The fourth-order valence-electron chi connectivity index (χ4n) is 1.82. The molecule has 1 aromatic carbocycles. The molecule has 0 bridgehead atoms. The van der Waals surface area contributed by atoms with E-state index >= 15 is 0 Å². The lowest BCUT2D eigenvalue weighted by Crippen LogP contribution is -2.25. The molecule has 0 fully saturated rings. The van der Waals surface area contributed by atoms with E-state index in [1.165, 1.54) is 11.3 Å². The lowest BCUT2D eigenvalue weighted by atomic mass is 10.2. The van der Waals surface area contributed by atoms with Crippen LogP contribution >= 0.6 is 34.5 Å². The normalized spacial score (nSPS) is 10.4. The van der Waals surface area contributed by atoms with Gasteiger partial charge in [-0.1, -0.05) is 23.2 Å². The number of nitrogens with zero attached hydrogens (tertiary/aromatic N) is 1. The molecule has 0 saturated carbocycles. The van der Waals surface area contributed by atoms with Crippen molar-refractivity contribution in [2.24, 2.45) is 0 Å². The first-order valence-electron chi connectivity index (χ1n) is 5.84. The molecule has 20 heavy (non-hydrogen) atoms. The number of methoxy groups -OCH3 is 1. The maximum atomic E-state index is 12.3. The molecule has 0 aliphatic rings. The van der Waals surface area contributed by atoms with Crippen LogP contribution in [0.25, 0.3) is 0 Å². The molecule has 0 aliphatic carbocycles. The van der Waals surface area contributed by atoms with Crippen molar-refractivity contribution >= 4 is 40.4 Å². The molecule has 0 radical (unpaired) electrons.